The van der Waals surface area contributed by atoms with E-state index in [4.69, 9.17) is 5.11 Å². The third-order valence-corrected chi connectivity index (χ3v) is 5.47. The molecule has 0 aliphatic heterocycles. The molecule has 0 saturated heterocycles. The van der Waals surface area contributed by atoms with Gasteiger partial charge >= 0.3 is 12.1 Å². The first kappa shape index (κ1) is 23.9. The van der Waals surface area contributed by atoms with E-state index in [0.717, 1.165) is 12.1 Å². The summed E-state index contributed by atoms with van der Waals surface area (Å²) in [5.41, 5.74) is 1.73. The number of H-pyrrole nitrogens is 1. The molecule has 0 amide bonds. The van der Waals surface area contributed by atoms with Gasteiger partial charge in [-0.25, -0.2) is 4.79 Å². The molecule has 2 N–H and O–H groups in total. The van der Waals surface area contributed by atoms with Gasteiger partial charge in [-0.3, -0.25) is 10.1 Å². The number of carboxylic acid groups (broad SMARTS) is 1. The van der Waals surface area contributed by atoms with Crippen molar-refractivity contribution >= 4 is 34.1 Å². The highest BCUT2D eigenvalue weighted by atomic mass is 19.4. The van der Waals surface area contributed by atoms with E-state index in [1.165, 1.54) is 24.4 Å². The van der Waals surface area contributed by atoms with Crippen LogP contribution in [0.5, 0.6) is 0 Å². The minimum absolute atomic E-state index is 0.202. The van der Waals surface area contributed by atoms with Gasteiger partial charge in [-0.1, -0.05) is 37.3 Å². The minimum Gasteiger partial charge on any atom is -0.478 e. The number of rotatable bonds is 6. The molecule has 0 radical (unpaired) electrons. The molecule has 0 unspecified atom stereocenters. The lowest BCUT2D eigenvalue weighted by atomic mass is 9.88. The van der Waals surface area contributed by atoms with Crippen molar-refractivity contribution in [2.24, 2.45) is 0 Å². The second-order valence-corrected chi connectivity index (χ2v) is 7.67. The summed E-state index contributed by atoms with van der Waals surface area (Å²) in [4.78, 5) is 14.9. The molecule has 2 aromatic carbocycles. The van der Waals surface area contributed by atoms with E-state index in [-0.39, 0.29) is 17.5 Å². The molecular weight excluding hydrogens is 462 g/mol. The van der Waals surface area contributed by atoms with Gasteiger partial charge < -0.3 is 5.11 Å². The van der Waals surface area contributed by atoms with Crippen LogP contribution in [0.1, 0.15) is 41.3 Å². The number of alkyl halides is 3. The standard InChI is InChI=1S/C26H19F4N3O2/c1-2-18(24-20(26(28,29)30)4-3-13-31-24)23(16-8-5-15(6-9-16)7-12-22(34)35)17-10-11-21-19(14-17)25(27)33-32-21/h3-14H,2H2,1H3,(H,32,33)(H,34,35). The number of aromatic amines is 1. The zero-order valence-corrected chi connectivity index (χ0v) is 18.4. The van der Waals surface area contributed by atoms with Crippen molar-refractivity contribution < 1.29 is 27.5 Å². The average Bonchev–Trinajstić information content (AvgIpc) is 3.21. The number of nitrogens with one attached hydrogen (secondary N) is 1. The predicted molar refractivity (Wildman–Crippen MR) is 125 cm³/mol. The highest BCUT2D eigenvalue weighted by molar-refractivity contribution is 6.00. The Morgan fingerprint density at radius 3 is 2.46 bits per heavy atom. The fraction of sp³-hybridized carbons (Fsp3) is 0.115. The van der Waals surface area contributed by atoms with Gasteiger partial charge in [-0.2, -0.15) is 22.7 Å². The Labute approximate surface area is 197 Å². The maximum atomic E-state index is 14.3. The number of hydrogen-bond acceptors (Lipinski definition) is 3. The van der Waals surface area contributed by atoms with E-state index in [2.05, 4.69) is 15.2 Å². The number of hydrogen-bond donors (Lipinski definition) is 2. The van der Waals surface area contributed by atoms with Gasteiger partial charge in [0.05, 0.1) is 22.2 Å². The first-order valence-electron chi connectivity index (χ1n) is 10.6. The Hall–Kier alpha value is -4.27. The van der Waals surface area contributed by atoms with Crippen LogP contribution in [0.25, 0.3) is 28.1 Å². The Morgan fingerprint density at radius 2 is 1.80 bits per heavy atom. The highest BCUT2D eigenvalue weighted by Crippen LogP contribution is 2.40. The van der Waals surface area contributed by atoms with E-state index in [1.807, 2.05) is 0 Å². The molecule has 0 atom stereocenters. The summed E-state index contributed by atoms with van der Waals surface area (Å²) >= 11 is 0. The molecule has 0 saturated carbocycles. The van der Waals surface area contributed by atoms with Gasteiger partial charge in [0.2, 0.25) is 5.95 Å². The van der Waals surface area contributed by atoms with Gasteiger partial charge in [0, 0.05) is 12.3 Å². The summed E-state index contributed by atoms with van der Waals surface area (Å²) in [6.45, 7) is 1.73. The number of aromatic nitrogens is 3. The molecule has 178 valence electrons. The van der Waals surface area contributed by atoms with Gasteiger partial charge in [-0.15, -0.1) is 0 Å². The fourth-order valence-corrected chi connectivity index (χ4v) is 3.92. The largest absolute Gasteiger partial charge is 0.478 e. The first-order valence-corrected chi connectivity index (χ1v) is 10.6. The van der Waals surface area contributed by atoms with Crippen molar-refractivity contribution in [2.75, 3.05) is 0 Å². The van der Waals surface area contributed by atoms with Crippen molar-refractivity contribution in [3.8, 4) is 0 Å². The molecule has 2 heterocycles. The molecular formula is C26H19F4N3O2. The molecule has 4 rings (SSSR count). The zero-order valence-electron chi connectivity index (χ0n) is 18.4. The van der Waals surface area contributed by atoms with Crippen molar-refractivity contribution in [3.63, 3.8) is 0 Å². The van der Waals surface area contributed by atoms with Crippen LogP contribution in [0.15, 0.2) is 66.9 Å². The second kappa shape index (κ2) is 9.54. The third-order valence-electron chi connectivity index (χ3n) is 5.47. The Balaban J connectivity index is 2.00. The Bertz CT molecular complexity index is 1450. The molecule has 9 heteroatoms. The lowest BCUT2D eigenvalue weighted by Crippen LogP contribution is -2.11. The number of nitrogens with zero attached hydrogens (tertiary/aromatic N) is 2. The monoisotopic (exact) mass is 481 g/mol. The number of benzene rings is 2. The highest BCUT2D eigenvalue weighted by Gasteiger charge is 2.35. The smallest absolute Gasteiger partial charge is 0.418 e. The molecule has 0 spiro atoms. The topological polar surface area (TPSA) is 78.9 Å². The predicted octanol–water partition coefficient (Wildman–Crippen LogP) is 6.58. The molecule has 0 fully saturated rings. The Morgan fingerprint density at radius 1 is 1.09 bits per heavy atom. The first-order chi connectivity index (χ1) is 16.7. The van der Waals surface area contributed by atoms with E-state index >= 15 is 0 Å². The summed E-state index contributed by atoms with van der Waals surface area (Å²) in [7, 11) is 0. The van der Waals surface area contributed by atoms with Crippen LogP contribution in [0.4, 0.5) is 17.6 Å². The van der Waals surface area contributed by atoms with Crippen molar-refractivity contribution in [2.45, 2.75) is 19.5 Å². The lowest BCUT2D eigenvalue weighted by Gasteiger charge is -2.19. The van der Waals surface area contributed by atoms with E-state index < -0.39 is 23.7 Å². The molecule has 35 heavy (non-hydrogen) atoms. The van der Waals surface area contributed by atoms with Gasteiger partial charge in [-0.05, 0) is 64.6 Å². The lowest BCUT2D eigenvalue weighted by molar-refractivity contribution is -0.138. The van der Waals surface area contributed by atoms with Crippen molar-refractivity contribution in [1.29, 1.82) is 0 Å². The maximum Gasteiger partial charge on any atom is 0.418 e. The summed E-state index contributed by atoms with van der Waals surface area (Å²) < 4.78 is 55.8. The van der Waals surface area contributed by atoms with E-state index in [0.29, 0.717) is 33.4 Å². The SMILES string of the molecule is CCC(=C(c1ccc(C=CC(=O)O)cc1)c1ccc2n[nH]c(F)c2c1)c1ncccc1C(F)(F)F. The zero-order chi connectivity index (χ0) is 25.2. The van der Waals surface area contributed by atoms with Crippen LogP contribution in [0.3, 0.4) is 0 Å². The maximum absolute atomic E-state index is 14.3. The van der Waals surface area contributed by atoms with Gasteiger partial charge in [0.1, 0.15) is 0 Å². The molecule has 5 nitrogen and oxygen atoms in total. The minimum atomic E-state index is -4.62. The quantitative estimate of drug-likeness (QED) is 0.241. The van der Waals surface area contributed by atoms with E-state index in [1.54, 1.807) is 43.3 Å². The molecule has 0 aliphatic rings. The number of allylic oxidation sites excluding steroid dienone is 1. The number of aliphatic carboxylic acids is 1. The van der Waals surface area contributed by atoms with Crippen molar-refractivity contribution in [1.82, 2.24) is 15.2 Å². The molecule has 0 aliphatic carbocycles. The summed E-state index contributed by atoms with van der Waals surface area (Å²) in [5, 5.41) is 15.2. The summed E-state index contributed by atoms with van der Waals surface area (Å²) in [6.07, 6.45) is -0.716. The summed E-state index contributed by atoms with van der Waals surface area (Å²) in [6, 6.07) is 13.7. The number of halogens is 4. The Kier molecular flexibility index (Phi) is 6.50. The second-order valence-electron chi connectivity index (χ2n) is 7.67. The van der Waals surface area contributed by atoms with Crippen molar-refractivity contribution in [3.05, 3.63) is 101 Å². The number of carbonyl (C=O) groups is 1. The molecule has 4 aromatic rings. The van der Waals surface area contributed by atoms with Gasteiger partial charge in [0.15, 0.2) is 0 Å². The van der Waals surface area contributed by atoms with Gasteiger partial charge in [0.25, 0.3) is 0 Å². The molecule has 2 aromatic heterocycles. The number of fused-ring (bicyclic) bond motifs is 1. The van der Waals surface area contributed by atoms with Crippen LogP contribution in [0.2, 0.25) is 0 Å². The number of carboxylic acids is 1. The van der Waals surface area contributed by atoms with Crippen LogP contribution in [0, 0.1) is 5.95 Å². The summed E-state index contributed by atoms with van der Waals surface area (Å²) in [5.74, 6) is -1.75. The third kappa shape index (κ3) is 4.98. The van der Waals surface area contributed by atoms with E-state index in [9.17, 15) is 22.4 Å². The average molecular weight is 481 g/mol. The fourth-order valence-electron chi connectivity index (χ4n) is 3.92. The number of pyridine rings is 1. The normalized spacial score (nSPS) is 12.8. The van der Waals surface area contributed by atoms with Crippen LogP contribution >= 0.6 is 0 Å². The van der Waals surface area contributed by atoms with Crippen LogP contribution in [-0.2, 0) is 11.0 Å². The van der Waals surface area contributed by atoms with Crippen LogP contribution in [-0.4, -0.2) is 26.3 Å². The molecule has 0 bridgehead atoms. The van der Waals surface area contributed by atoms with Crippen LogP contribution < -0.4 is 0 Å².